The van der Waals surface area contributed by atoms with E-state index in [1.807, 2.05) is 6.92 Å². The molecule has 13 heavy (non-hydrogen) atoms. The second-order valence-corrected chi connectivity index (χ2v) is 2.83. The molecule has 0 rings (SSSR count). The molecule has 0 aromatic rings. The Bertz CT molecular complexity index is 169. The van der Waals surface area contributed by atoms with Crippen LogP contribution in [0.3, 0.4) is 0 Å². The van der Waals surface area contributed by atoms with Crippen LogP contribution in [0.25, 0.3) is 0 Å². The Labute approximate surface area is 76.7 Å². The van der Waals surface area contributed by atoms with Crippen LogP contribution in [-0.4, -0.2) is 18.8 Å². The summed E-state index contributed by atoms with van der Waals surface area (Å²) in [5.74, 6) is 2.42. The largest absolute Gasteiger partial charge is 0.390 e. The molecule has 76 valence electrons. The molecule has 0 bridgehead atoms. The molecule has 0 aromatic carbocycles. The predicted octanol–water partition coefficient (Wildman–Crippen LogP) is 2.33. The minimum absolute atomic E-state index is 0.00681. The van der Waals surface area contributed by atoms with Crippen LogP contribution in [0, 0.1) is 12.3 Å². The molecule has 0 aromatic heterocycles. The van der Waals surface area contributed by atoms with Crippen LogP contribution in [0.5, 0.6) is 0 Å². The van der Waals surface area contributed by atoms with E-state index in [1.54, 1.807) is 0 Å². The summed E-state index contributed by atoms with van der Waals surface area (Å²) < 4.78 is 35.1. The number of hydrogen-bond donors (Lipinski definition) is 1. The van der Waals surface area contributed by atoms with Crippen molar-refractivity contribution in [2.45, 2.75) is 38.4 Å². The lowest BCUT2D eigenvalue weighted by Crippen LogP contribution is -2.31. The van der Waals surface area contributed by atoms with Gasteiger partial charge in [0.1, 0.15) is 0 Å². The van der Waals surface area contributed by atoms with Crippen molar-refractivity contribution in [3.05, 3.63) is 0 Å². The highest BCUT2D eigenvalue weighted by Gasteiger charge is 2.26. The Hall–Kier alpha value is -0.690. The van der Waals surface area contributed by atoms with Crippen LogP contribution in [0.4, 0.5) is 13.2 Å². The fourth-order valence-electron chi connectivity index (χ4n) is 0.921. The van der Waals surface area contributed by atoms with E-state index in [1.165, 1.54) is 0 Å². The predicted molar refractivity (Wildman–Crippen MR) is 46.2 cm³/mol. The molecule has 1 nitrogen and oxygen atoms in total. The average Bonchev–Trinajstić information content (AvgIpc) is 2.01. The zero-order chi connectivity index (χ0) is 10.3. The maximum absolute atomic E-state index is 11.7. The van der Waals surface area contributed by atoms with Crippen molar-refractivity contribution in [1.82, 2.24) is 5.32 Å². The van der Waals surface area contributed by atoms with Crippen LogP contribution in [0.1, 0.15) is 26.2 Å². The van der Waals surface area contributed by atoms with Crippen LogP contribution in [0.2, 0.25) is 0 Å². The number of nitrogens with one attached hydrogen (secondary N) is 1. The summed E-state index contributed by atoms with van der Waals surface area (Å²) in [7, 11) is 0. The summed E-state index contributed by atoms with van der Waals surface area (Å²) in [4.78, 5) is 0. The van der Waals surface area contributed by atoms with Crippen LogP contribution < -0.4 is 5.32 Å². The van der Waals surface area contributed by atoms with E-state index in [0.29, 0.717) is 6.42 Å². The highest BCUT2D eigenvalue weighted by molar-refractivity contribution is 4.89. The summed E-state index contributed by atoms with van der Waals surface area (Å²) in [6, 6.07) is 0.00681. The lowest BCUT2D eigenvalue weighted by Gasteiger charge is -2.14. The molecule has 0 aliphatic carbocycles. The van der Waals surface area contributed by atoms with Gasteiger partial charge in [-0.2, -0.15) is 13.2 Å². The molecule has 0 spiro atoms. The van der Waals surface area contributed by atoms with E-state index in [0.717, 1.165) is 6.42 Å². The van der Waals surface area contributed by atoms with E-state index in [-0.39, 0.29) is 12.6 Å². The van der Waals surface area contributed by atoms with Crippen LogP contribution >= 0.6 is 0 Å². The second-order valence-electron chi connectivity index (χ2n) is 2.83. The van der Waals surface area contributed by atoms with Gasteiger partial charge in [-0.05, 0) is 6.42 Å². The van der Waals surface area contributed by atoms with Crippen molar-refractivity contribution in [1.29, 1.82) is 0 Å². The fourth-order valence-corrected chi connectivity index (χ4v) is 0.921. The Morgan fingerprint density at radius 2 is 2.08 bits per heavy atom. The summed E-state index contributed by atoms with van der Waals surface area (Å²) in [5, 5.41) is 2.76. The van der Waals surface area contributed by atoms with Crippen molar-refractivity contribution in [2.75, 3.05) is 6.54 Å². The van der Waals surface area contributed by atoms with E-state index < -0.39 is 12.6 Å². The van der Waals surface area contributed by atoms with Crippen LogP contribution in [0.15, 0.2) is 0 Å². The Kier molecular flexibility index (Phi) is 5.56. The molecule has 1 unspecified atom stereocenters. The van der Waals surface area contributed by atoms with Gasteiger partial charge in [0.15, 0.2) is 0 Å². The number of terminal acetylenes is 1. The molecule has 0 amide bonds. The van der Waals surface area contributed by atoms with Gasteiger partial charge in [-0.1, -0.05) is 6.92 Å². The number of halogens is 3. The first-order chi connectivity index (χ1) is 5.99. The molecule has 0 aliphatic heterocycles. The van der Waals surface area contributed by atoms with Crippen molar-refractivity contribution in [3.63, 3.8) is 0 Å². The van der Waals surface area contributed by atoms with E-state index in [4.69, 9.17) is 6.42 Å². The topological polar surface area (TPSA) is 12.0 Å². The van der Waals surface area contributed by atoms with E-state index >= 15 is 0 Å². The van der Waals surface area contributed by atoms with Gasteiger partial charge in [0, 0.05) is 19.0 Å². The first-order valence-corrected chi connectivity index (χ1v) is 4.23. The normalized spacial score (nSPS) is 13.8. The molecule has 0 aliphatic rings. The van der Waals surface area contributed by atoms with Gasteiger partial charge < -0.3 is 5.32 Å². The molecular formula is C9H14F3N. The smallest absolute Gasteiger partial charge is 0.313 e. The van der Waals surface area contributed by atoms with Gasteiger partial charge >= 0.3 is 6.18 Å². The van der Waals surface area contributed by atoms with Gasteiger partial charge in [-0.3, -0.25) is 0 Å². The fraction of sp³-hybridized carbons (Fsp3) is 0.778. The Balaban J connectivity index is 3.56. The molecule has 0 saturated carbocycles. The summed E-state index contributed by atoms with van der Waals surface area (Å²) >= 11 is 0. The van der Waals surface area contributed by atoms with E-state index in [2.05, 4.69) is 11.2 Å². The highest BCUT2D eigenvalue weighted by atomic mass is 19.4. The zero-order valence-electron chi connectivity index (χ0n) is 7.62. The van der Waals surface area contributed by atoms with Crippen LogP contribution in [-0.2, 0) is 0 Å². The lowest BCUT2D eigenvalue weighted by molar-refractivity contribution is -0.133. The monoisotopic (exact) mass is 193 g/mol. The third-order valence-corrected chi connectivity index (χ3v) is 1.70. The van der Waals surface area contributed by atoms with Gasteiger partial charge in [0.2, 0.25) is 0 Å². The molecule has 1 atom stereocenters. The third-order valence-electron chi connectivity index (χ3n) is 1.70. The lowest BCUT2D eigenvalue weighted by atomic mass is 10.1. The number of rotatable bonds is 5. The van der Waals surface area contributed by atoms with Gasteiger partial charge in [0.05, 0.1) is 6.42 Å². The average molecular weight is 193 g/mol. The van der Waals surface area contributed by atoms with Crippen molar-refractivity contribution in [2.24, 2.45) is 0 Å². The molecule has 0 heterocycles. The van der Waals surface area contributed by atoms with Gasteiger partial charge in [-0.15, -0.1) is 12.3 Å². The number of hydrogen-bond acceptors (Lipinski definition) is 1. The minimum Gasteiger partial charge on any atom is -0.313 e. The van der Waals surface area contributed by atoms with Gasteiger partial charge in [0.25, 0.3) is 0 Å². The minimum atomic E-state index is -4.08. The molecular weight excluding hydrogens is 179 g/mol. The van der Waals surface area contributed by atoms with E-state index in [9.17, 15) is 13.2 Å². The maximum Gasteiger partial charge on any atom is 0.390 e. The molecule has 1 N–H and O–H groups in total. The highest BCUT2D eigenvalue weighted by Crippen LogP contribution is 2.18. The molecule has 0 radical (unpaired) electrons. The zero-order valence-corrected chi connectivity index (χ0v) is 7.62. The standard InChI is InChI=1S/C9H14F3N/c1-3-5-8(4-2)13-7-6-9(10,11)12/h1,8,13H,4-7H2,2H3. The summed E-state index contributed by atoms with van der Waals surface area (Å²) in [5.41, 5.74) is 0. The first-order valence-electron chi connectivity index (χ1n) is 4.23. The SMILES string of the molecule is C#CCC(CC)NCCC(F)(F)F. The molecule has 0 saturated heterocycles. The Morgan fingerprint density at radius 1 is 1.46 bits per heavy atom. The maximum atomic E-state index is 11.7. The van der Waals surface area contributed by atoms with Gasteiger partial charge in [-0.25, -0.2) is 0 Å². The third kappa shape index (κ3) is 7.66. The molecule has 4 heteroatoms. The van der Waals surface area contributed by atoms with Crippen molar-refractivity contribution < 1.29 is 13.2 Å². The Morgan fingerprint density at radius 3 is 2.46 bits per heavy atom. The second kappa shape index (κ2) is 5.87. The number of alkyl halides is 3. The first kappa shape index (κ1) is 12.3. The van der Waals surface area contributed by atoms with Crippen molar-refractivity contribution in [3.8, 4) is 12.3 Å². The summed E-state index contributed by atoms with van der Waals surface area (Å²) in [6.07, 6.45) is 1.40. The quantitative estimate of drug-likeness (QED) is 0.661. The van der Waals surface area contributed by atoms with Crippen molar-refractivity contribution >= 4 is 0 Å². The summed E-state index contributed by atoms with van der Waals surface area (Å²) in [6.45, 7) is 1.84. The molecule has 0 fully saturated rings.